The molecule has 0 saturated carbocycles. The van der Waals surface area contributed by atoms with Crippen LogP contribution in [0.15, 0.2) is 35.7 Å². The van der Waals surface area contributed by atoms with Crippen molar-refractivity contribution in [1.29, 1.82) is 0 Å². The van der Waals surface area contributed by atoms with Crippen LogP contribution in [0.2, 0.25) is 0 Å². The summed E-state index contributed by atoms with van der Waals surface area (Å²) in [6.07, 6.45) is 0. The maximum absolute atomic E-state index is 11.3. The molecule has 0 aliphatic carbocycles. The Hall–Kier alpha value is -1.72. The number of hydrogen-bond donors (Lipinski definition) is 1. The third kappa shape index (κ3) is 2.51. The highest BCUT2D eigenvalue weighted by atomic mass is 32.1. The first-order chi connectivity index (χ1) is 8.22. The first-order valence-electron chi connectivity index (χ1n) is 5.06. The standard InChI is InChI=1S/C12H12N2O2S/c1-16-12(15)10(13)11-14-9(7-17-11)8-5-3-2-4-6-8/h2-7,10H,13H2,1H3. The molecule has 0 saturated heterocycles. The van der Waals surface area contributed by atoms with Crippen molar-refractivity contribution in [3.8, 4) is 11.3 Å². The molecule has 0 amide bonds. The molecule has 1 aromatic heterocycles. The zero-order valence-electron chi connectivity index (χ0n) is 9.29. The molecule has 0 radical (unpaired) electrons. The van der Waals surface area contributed by atoms with Crippen molar-refractivity contribution < 1.29 is 9.53 Å². The van der Waals surface area contributed by atoms with Gasteiger partial charge in [0.15, 0.2) is 6.04 Å². The summed E-state index contributed by atoms with van der Waals surface area (Å²) in [6.45, 7) is 0. The number of benzene rings is 1. The lowest BCUT2D eigenvalue weighted by molar-refractivity contribution is -0.142. The summed E-state index contributed by atoms with van der Waals surface area (Å²) in [5.41, 5.74) is 7.54. The van der Waals surface area contributed by atoms with Crippen LogP contribution in [0.1, 0.15) is 11.0 Å². The first-order valence-corrected chi connectivity index (χ1v) is 5.94. The Morgan fingerprint density at radius 3 is 2.76 bits per heavy atom. The molecule has 2 rings (SSSR count). The molecule has 0 aliphatic heterocycles. The molecular formula is C12H12N2O2S. The second-order valence-electron chi connectivity index (χ2n) is 3.44. The minimum Gasteiger partial charge on any atom is -0.468 e. The molecular weight excluding hydrogens is 236 g/mol. The fraction of sp³-hybridized carbons (Fsp3) is 0.167. The van der Waals surface area contributed by atoms with Crippen molar-refractivity contribution in [1.82, 2.24) is 4.98 Å². The molecule has 1 atom stereocenters. The minimum atomic E-state index is -0.803. The second-order valence-corrected chi connectivity index (χ2v) is 4.33. The van der Waals surface area contributed by atoms with E-state index in [1.54, 1.807) is 0 Å². The zero-order valence-corrected chi connectivity index (χ0v) is 10.1. The number of carbonyl (C=O) groups excluding carboxylic acids is 1. The van der Waals surface area contributed by atoms with Gasteiger partial charge in [0.1, 0.15) is 5.01 Å². The predicted octanol–water partition coefficient (Wildman–Crippen LogP) is 1.98. The van der Waals surface area contributed by atoms with Crippen LogP contribution >= 0.6 is 11.3 Å². The first kappa shape index (κ1) is 11.8. The van der Waals surface area contributed by atoms with E-state index in [0.29, 0.717) is 5.01 Å². The van der Waals surface area contributed by atoms with E-state index >= 15 is 0 Å². The van der Waals surface area contributed by atoms with E-state index in [-0.39, 0.29) is 0 Å². The van der Waals surface area contributed by atoms with E-state index < -0.39 is 12.0 Å². The van der Waals surface area contributed by atoms with Gasteiger partial charge in [-0.1, -0.05) is 30.3 Å². The molecule has 5 heteroatoms. The number of aromatic nitrogens is 1. The van der Waals surface area contributed by atoms with Crippen LogP contribution in [0, 0.1) is 0 Å². The maximum atomic E-state index is 11.3. The number of thiazole rings is 1. The van der Waals surface area contributed by atoms with Crippen molar-refractivity contribution in [3.05, 3.63) is 40.7 Å². The van der Waals surface area contributed by atoms with Gasteiger partial charge in [-0.2, -0.15) is 0 Å². The molecule has 1 aromatic carbocycles. The molecule has 2 N–H and O–H groups in total. The molecule has 88 valence electrons. The highest BCUT2D eigenvalue weighted by Crippen LogP contribution is 2.24. The summed E-state index contributed by atoms with van der Waals surface area (Å²) in [7, 11) is 1.31. The van der Waals surface area contributed by atoms with E-state index in [4.69, 9.17) is 5.73 Å². The topological polar surface area (TPSA) is 65.2 Å². The average Bonchev–Trinajstić information content (AvgIpc) is 2.87. The quantitative estimate of drug-likeness (QED) is 0.843. The van der Waals surface area contributed by atoms with Crippen molar-refractivity contribution in [3.63, 3.8) is 0 Å². The predicted molar refractivity (Wildman–Crippen MR) is 66.5 cm³/mol. The van der Waals surface area contributed by atoms with Crippen molar-refractivity contribution in [2.24, 2.45) is 5.73 Å². The highest BCUT2D eigenvalue weighted by molar-refractivity contribution is 7.10. The summed E-state index contributed by atoms with van der Waals surface area (Å²) >= 11 is 1.36. The van der Waals surface area contributed by atoms with Gasteiger partial charge in [-0.15, -0.1) is 11.3 Å². The van der Waals surface area contributed by atoms with E-state index in [1.807, 2.05) is 35.7 Å². The van der Waals surface area contributed by atoms with Gasteiger partial charge in [0.25, 0.3) is 0 Å². The Labute approximate surface area is 103 Å². The molecule has 1 heterocycles. The van der Waals surface area contributed by atoms with Gasteiger partial charge in [-0.25, -0.2) is 9.78 Å². The fourth-order valence-corrected chi connectivity index (χ4v) is 2.21. The van der Waals surface area contributed by atoms with Gasteiger partial charge in [-0.05, 0) is 0 Å². The van der Waals surface area contributed by atoms with Crippen LogP contribution in [0.3, 0.4) is 0 Å². The Kier molecular flexibility index (Phi) is 3.51. The Bertz CT molecular complexity index is 510. The average molecular weight is 248 g/mol. The monoisotopic (exact) mass is 248 g/mol. The van der Waals surface area contributed by atoms with Gasteiger partial charge in [-0.3, -0.25) is 0 Å². The molecule has 17 heavy (non-hydrogen) atoms. The van der Waals surface area contributed by atoms with Gasteiger partial charge in [0.05, 0.1) is 12.8 Å². The Morgan fingerprint density at radius 1 is 1.41 bits per heavy atom. The van der Waals surface area contributed by atoms with E-state index in [9.17, 15) is 4.79 Å². The number of hydrogen-bond acceptors (Lipinski definition) is 5. The molecule has 0 bridgehead atoms. The van der Waals surface area contributed by atoms with E-state index in [0.717, 1.165) is 11.3 Å². The lowest BCUT2D eigenvalue weighted by Crippen LogP contribution is -2.22. The van der Waals surface area contributed by atoms with Crippen molar-refractivity contribution in [2.75, 3.05) is 7.11 Å². The van der Waals surface area contributed by atoms with Crippen LogP contribution < -0.4 is 5.73 Å². The number of esters is 1. The van der Waals surface area contributed by atoms with Crippen molar-refractivity contribution >= 4 is 17.3 Å². The van der Waals surface area contributed by atoms with Crippen LogP contribution in [0.25, 0.3) is 11.3 Å². The smallest absolute Gasteiger partial charge is 0.329 e. The number of ether oxygens (including phenoxy) is 1. The number of rotatable bonds is 3. The Morgan fingerprint density at radius 2 is 2.12 bits per heavy atom. The number of nitrogens with zero attached hydrogens (tertiary/aromatic N) is 1. The summed E-state index contributed by atoms with van der Waals surface area (Å²) < 4.78 is 4.58. The third-order valence-corrected chi connectivity index (χ3v) is 3.24. The molecule has 1 unspecified atom stereocenters. The summed E-state index contributed by atoms with van der Waals surface area (Å²) in [5.74, 6) is -0.473. The number of methoxy groups -OCH3 is 1. The highest BCUT2D eigenvalue weighted by Gasteiger charge is 2.20. The zero-order chi connectivity index (χ0) is 12.3. The largest absolute Gasteiger partial charge is 0.468 e. The van der Waals surface area contributed by atoms with Gasteiger partial charge >= 0.3 is 5.97 Å². The van der Waals surface area contributed by atoms with Crippen LogP contribution in [-0.4, -0.2) is 18.1 Å². The number of nitrogens with two attached hydrogens (primary N) is 1. The van der Waals surface area contributed by atoms with Crippen LogP contribution in [-0.2, 0) is 9.53 Å². The summed E-state index contributed by atoms with van der Waals surface area (Å²) in [6, 6.07) is 8.94. The number of carbonyl (C=O) groups is 1. The lowest BCUT2D eigenvalue weighted by Gasteiger charge is -2.04. The summed E-state index contributed by atoms with van der Waals surface area (Å²) in [4.78, 5) is 15.6. The lowest BCUT2D eigenvalue weighted by atomic mass is 10.2. The second kappa shape index (κ2) is 5.07. The van der Waals surface area contributed by atoms with Crippen LogP contribution in [0.5, 0.6) is 0 Å². The molecule has 4 nitrogen and oxygen atoms in total. The van der Waals surface area contributed by atoms with Crippen molar-refractivity contribution in [2.45, 2.75) is 6.04 Å². The summed E-state index contributed by atoms with van der Waals surface area (Å²) in [5, 5.41) is 2.45. The van der Waals surface area contributed by atoms with E-state index in [2.05, 4.69) is 9.72 Å². The molecule has 2 aromatic rings. The molecule has 0 fully saturated rings. The molecule has 0 spiro atoms. The van der Waals surface area contributed by atoms with Crippen LogP contribution in [0.4, 0.5) is 0 Å². The normalized spacial score (nSPS) is 12.1. The van der Waals surface area contributed by atoms with Gasteiger partial charge in [0.2, 0.25) is 0 Å². The molecule has 0 aliphatic rings. The maximum Gasteiger partial charge on any atom is 0.329 e. The fourth-order valence-electron chi connectivity index (χ4n) is 1.40. The van der Waals surface area contributed by atoms with Gasteiger partial charge in [0, 0.05) is 10.9 Å². The SMILES string of the molecule is COC(=O)C(N)c1nc(-c2ccccc2)cs1. The Balaban J connectivity index is 2.25. The van der Waals surface area contributed by atoms with Gasteiger partial charge < -0.3 is 10.5 Å². The third-order valence-electron chi connectivity index (χ3n) is 2.31. The van der Waals surface area contributed by atoms with E-state index in [1.165, 1.54) is 18.4 Å². The minimum absolute atomic E-state index is 0.473.